The van der Waals surface area contributed by atoms with Gasteiger partial charge in [0.2, 0.25) is 0 Å². The lowest BCUT2D eigenvalue weighted by Gasteiger charge is -2.16. The molecule has 0 nitrogen and oxygen atoms in total. The molecule has 0 radical (unpaired) electrons. The number of thiophene rings is 1. The Morgan fingerprint density at radius 3 is 2.59 bits per heavy atom. The molecule has 1 atom stereocenters. The molecule has 0 amide bonds. The van der Waals surface area contributed by atoms with Crippen molar-refractivity contribution in [2.24, 2.45) is 0 Å². The first-order valence-electron chi connectivity index (χ1n) is 5.55. The standard InChI is InChI=1S/C14H14Br2S/c1-10-4-2-3-5-12(10)11(9-15)8-14-13(16)6-7-17-14/h2-7,11H,8-9H2,1H3. The van der Waals surface area contributed by atoms with Crippen molar-refractivity contribution in [1.29, 1.82) is 0 Å². The van der Waals surface area contributed by atoms with Crippen LogP contribution in [0.5, 0.6) is 0 Å². The third-order valence-electron chi connectivity index (χ3n) is 2.94. The Morgan fingerprint density at radius 1 is 1.24 bits per heavy atom. The minimum Gasteiger partial charge on any atom is -0.148 e. The van der Waals surface area contributed by atoms with Crippen molar-refractivity contribution in [3.63, 3.8) is 0 Å². The number of benzene rings is 1. The summed E-state index contributed by atoms with van der Waals surface area (Å²) in [6.07, 6.45) is 1.09. The lowest BCUT2D eigenvalue weighted by molar-refractivity contribution is 0.777. The first-order valence-corrected chi connectivity index (χ1v) is 8.35. The van der Waals surface area contributed by atoms with Gasteiger partial charge in [-0.1, -0.05) is 40.2 Å². The van der Waals surface area contributed by atoms with Crippen LogP contribution in [0.2, 0.25) is 0 Å². The molecule has 0 saturated heterocycles. The molecule has 1 aromatic heterocycles. The van der Waals surface area contributed by atoms with E-state index in [1.165, 1.54) is 20.5 Å². The van der Waals surface area contributed by atoms with Gasteiger partial charge >= 0.3 is 0 Å². The highest BCUT2D eigenvalue weighted by Crippen LogP contribution is 2.31. The molecule has 0 N–H and O–H groups in total. The van der Waals surface area contributed by atoms with Gasteiger partial charge in [0, 0.05) is 14.7 Å². The smallest absolute Gasteiger partial charge is 0.0314 e. The topological polar surface area (TPSA) is 0 Å². The maximum absolute atomic E-state index is 3.65. The highest BCUT2D eigenvalue weighted by molar-refractivity contribution is 9.10. The summed E-state index contributed by atoms with van der Waals surface area (Å²) < 4.78 is 1.24. The largest absolute Gasteiger partial charge is 0.148 e. The predicted molar refractivity (Wildman–Crippen MR) is 83.4 cm³/mol. The van der Waals surface area contributed by atoms with E-state index in [0.29, 0.717) is 5.92 Å². The van der Waals surface area contributed by atoms with Gasteiger partial charge in [-0.3, -0.25) is 0 Å². The van der Waals surface area contributed by atoms with Gasteiger partial charge < -0.3 is 0 Å². The summed E-state index contributed by atoms with van der Waals surface area (Å²) in [6, 6.07) is 10.8. The van der Waals surface area contributed by atoms with E-state index in [1.807, 2.05) is 11.3 Å². The molecular weight excluding hydrogens is 360 g/mol. The lowest BCUT2D eigenvalue weighted by atomic mass is 9.93. The minimum atomic E-state index is 0.547. The van der Waals surface area contributed by atoms with Crippen LogP contribution in [-0.2, 0) is 6.42 Å². The maximum Gasteiger partial charge on any atom is 0.0314 e. The molecule has 0 spiro atoms. The molecule has 0 aliphatic carbocycles. The average Bonchev–Trinajstić information content (AvgIpc) is 2.73. The van der Waals surface area contributed by atoms with Crippen molar-refractivity contribution >= 4 is 43.2 Å². The molecule has 0 bridgehead atoms. The highest BCUT2D eigenvalue weighted by atomic mass is 79.9. The van der Waals surface area contributed by atoms with Crippen LogP contribution in [0.1, 0.15) is 21.9 Å². The van der Waals surface area contributed by atoms with E-state index in [1.54, 1.807) is 0 Å². The van der Waals surface area contributed by atoms with Crippen molar-refractivity contribution in [2.75, 3.05) is 5.33 Å². The van der Waals surface area contributed by atoms with Crippen molar-refractivity contribution < 1.29 is 0 Å². The molecule has 1 unspecified atom stereocenters. The minimum absolute atomic E-state index is 0.547. The van der Waals surface area contributed by atoms with Gasteiger partial charge in [0.25, 0.3) is 0 Å². The van der Waals surface area contributed by atoms with E-state index in [2.05, 4.69) is 74.5 Å². The molecule has 1 heterocycles. The van der Waals surface area contributed by atoms with Gasteiger partial charge in [-0.25, -0.2) is 0 Å². The summed E-state index contributed by atoms with van der Waals surface area (Å²) in [4.78, 5) is 1.43. The zero-order chi connectivity index (χ0) is 12.3. The van der Waals surface area contributed by atoms with Crippen LogP contribution in [0.4, 0.5) is 0 Å². The fraction of sp³-hybridized carbons (Fsp3) is 0.286. The van der Waals surface area contributed by atoms with Crippen LogP contribution in [0.15, 0.2) is 40.2 Å². The average molecular weight is 374 g/mol. The van der Waals surface area contributed by atoms with Gasteiger partial charge in [-0.05, 0) is 57.8 Å². The Hall–Kier alpha value is -0.120. The van der Waals surface area contributed by atoms with Crippen molar-refractivity contribution in [3.8, 4) is 0 Å². The van der Waals surface area contributed by atoms with Gasteiger partial charge in [0.05, 0.1) is 0 Å². The molecule has 2 aromatic rings. The molecule has 2 rings (SSSR count). The normalized spacial score (nSPS) is 12.6. The Morgan fingerprint density at radius 2 is 2.00 bits per heavy atom. The molecule has 0 saturated carbocycles. The van der Waals surface area contributed by atoms with Crippen LogP contribution in [-0.4, -0.2) is 5.33 Å². The van der Waals surface area contributed by atoms with Gasteiger partial charge in [0.1, 0.15) is 0 Å². The quantitative estimate of drug-likeness (QED) is 0.617. The van der Waals surface area contributed by atoms with Crippen LogP contribution in [0.3, 0.4) is 0 Å². The second-order valence-corrected chi connectivity index (χ2v) is 6.61. The molecule has 3 heteroatoms. The number of hydrogen-bond donors (Lipinski definition) is 0. The molecular formula is C14H14Br2S. The van der Waals surface area contributed by atoms with E-state index in [9.17, 15) is 0 Å². The Kier molecular flexibility index (Phi) is 4.83. The number of rotatable bonds is 4. The third kappa shape index (κ3) is 3.21. The molecule has 0 aliphatic heterocycles. The first-order chi connectivity index (χ1) is 8.22. The summed E-state index contributed by atoms with van der Waals surface area (Å²) in [5.41, 5.74) is 2.83. The van der Waals surface area contributed by atoms with E-state index in [-0.39, 0.29) is 0 Å². The zero-order valence-corrected chi connectivity index (χ0v) is 13.6. The van der Waals surface area contributed by atoms with Gasteiger partial charge in [-0.2, -0.15) is 0 Å². The number of halogens is 2. The number of alkyl halides is 1. The van der Waals surface area contributed by atoms with Crippen LogP contribution in [0, 0.1) is 6.92 Å². The van der Waals surface area contributed by atoms with Gasteiger partial charge in [0.15, 0.2) is 0 Å². The summed E-state index contributed by atoms with van der Waals surface area (Å²) in [6.45, 7) is 2.19. The predicted octanol–water partition coefficient (Wildman–Crippen LogP) is 5.54. The Labute approximate surface area is 123 Å². The van der Waals surface area contributed by atoms with Crippen molar-refractivity contribution in [3.05, 3.63) is 56.2 Å². The molecule has 90 valence electrons. The fourth-order valence-corrected chi connectivity index (χ4v) is 4.16. The summed E-state index contributed by atoms with van der Waals surface area (Å²) in [5.74, 6) is 0.547. The first kappa shape index (κ1) is 13.3. The van der Waals surface area contributed by atoms with Crippen molar-refractivity contribution in [2.45, 2.75) is 19.3 Å². The van der Waals surface area contributed by atoms with E-state index >= 15 is 0 Å². The summed E-state index contributed by atoms with van der Waals surface area (Å²) in [5, 5.41) is 3.14. The maximum atomic E-state index is 3.65. The number of aryl methyl sites for hydroxylation is 1. The second-order valence-electron chi connectivity index (χ2n) is 4.10. The Bertz CT molecular complexity index is 490. The van der Waals surface area contributed by atoms with Crippen LogP contribution < -0.4 is 0 Å². The summed E-state index contributed by atoms with van der Waals surface area (Å²) in [7, 11) is 0. The highest BCUT2D eigenvalue weighted by Gasteiger charge is 2.15. The third-order valence-corrected chi connectivity index (χ3v) is 5.67. The molecule has 1 aromatic carbocycles. The van der Waals surface area contributed by atoms with Crippen LogP contribution >= 0.6 is 43.2 Å². The lowest BCUT2D eigenvalue weighted by Crippen LogP contribution is -2.05. The SMILES string of the molecule is Cc1ccccc1C(CBr)Cc1sccc1Br. The molecule has 0 aliphatic rings. The monoisotopic (exact) mass is 372 g/mol. The second kappa shape index (κ2) is 6.17. The van der Waals surface area contributed by atoms with E-state index in [0.717, 1.165) is 11.8 Å². The molecule has 0 fully saturated rings. The Balaban J connectivity index is 2.23. The van der Waals surface area contributed by atoms with E-state index in [4.69, 9.17) is 0 Å². The number of hydrogen-bond acceptors (Lipinski definition) is 1. The van der Waals surface area contributed by atoms with E-state index < -0.39 is 0 Å². The van der Waals surface area contributed by atoms with Crippen LogP contribution in [0.25, 0.3) is 0 Å². The summed E-state index contributed by atoms with van der Waals surface area (Å²) >= 11 is 9.08. The molecule has 17 heavy (non-hydrogen) atoms. The van der Waals surface area contributed by atoms with Gasteiger partial charge in [-0.15, -0.1) is 11.3 Å². The fourth-order valence-electron chi connectivity index (χ4n) is 1.99. The van der Waals surface area contributed by atoms with Crippen molar-refractivity contribution in [1.82, 2.24) is 0 Å². The zero-order valence-electron chi connectivity index (χ0n) is 9.62.